The fourth-order valence-corrected chi connectivity index (χ4v) is 5.30. The van der Waals surface area contributed by atoms with E-state index in [1.54, 1.807) is 4.31 Å². The van der Waals surface area contributed by atoms with Crippen LogP contribution in [0.1, 0.15) is 25.7 Å². The molecule has 0 aromatic rings. The Morgan fingerprint density at radius 2 is 1.71 bits per heavy atom. The SMILES string of the molecule is O=C(CCCS(=O)(=O)N1CCCC1)N1C[C@H]2CNC[C@H]2C1. The Labute approximate surface area is 126 Å². The summed E-state index contributed by atoms with van der Waals surface area (Å²) in [4.78, 5) is 14.1. The third kappa shape index (κ3) is 3.40. The predicted octanol–water partition coefficient (Wildman–Crippen LogP) is -0.130. The number of carbonyl (C=O) groups is 1. The molecular formula is C14H25N3O3S. The van der Waals surface area contributed by atoms with Crippen LogP contribution in [0.5, 0.6) is 0 Å². The molecule has 3 fully saturated rings. The van der Waals surface area contributed by atoms with Crippen LogP contribution >= 0.6 is 0 Å². The van der Waals surface area contributed by atoms with Crippen molar-refractivity contribution in [1.82, 2.24) is 14.5 Å². The van der Waals surface area contributed by atoms with Gasteiger partial charge in [-0.05, 0) is 31.1 Å². The van der Waals surface area contributed by atoms with Crippen molar-refractivity contribution in [2.75, 3.05) is 45.0 Å². The average molecular weight is 315 g/mol. The monoisotopic (exact) mass is 315 g/mol. The zero-order chi connectivity index (χ0) is 14.9. The molecule has 1 N–H and O–H groups in total. The van der Waals surface area contributed by atoms with Gasteiger partial charge in [-0.1, -0.05) is 0 Å². The molecule has 3 heterocycles. The van der Waals surface area contributed by atoms with Crippen molar-refractivity contribution in [2.24, 2.45) is 11.8 Å². The summed E-state index contributed by atoms with van der Waals surface area (Å²) < 4.78 is 25.7. The molecule has 0 spiro atoms. The van der Waals surface area contributed by atoms with Crippen molar-refractivity contribution < 1.29 is 13.2 Å². The van der Waals surface area contributed by atoms with Crippen LogP contribution in [0.15, 0.2) is 0 Å². The highest BCUT2D eigenvalue weighted by molar-refractivity contribution is 7.89. The number of carbonyl (C=O) groups excluding carboxylic acids is 1. The summed E-state index contributed by atoms with van der Waals surface area (Å²) in [6.07, 6.45) is 2.73. The molecule has 0 unspecified atom stereocenters. The number of fused-ring (bicyclic) bond motifs is 1. The van der Waals surface area contributed by atoms with E-state index in [-0.39, 0.29) is 11.7 Å². The molecule has 21 heavy (non-hydrogen) atoms. The lowest BCUT2D eigenvalue weighted by molar-refractivity contribution is -0.130. The van der Waals surface area contributed by atoms with E-state index in [0.29, 0.717) is 37.8 Å². The van der Waals surface area contributed by atoms with Crippen LogP contribution in [0.2, 0.25) is 0 Å². The maximum absolute atomic E-state index is 12.2. The molecule has 3 saturated heterocycles. The number of nitrogens with one attached hydrogen (secondary N) is 1. The largest absolute Gasteiger partial charge is 0.342 e. The molecular weight excluding hydrogens is 290 g/mol. The van der Waals surface area contributed by atoms with Crippen molar-refractivity contribution in [2.45, 2.75) is 25.7 Å². The lowest BCUT2D eigenvalue weighted by atomic mass is 10.0. The summed E-state index contributed by atoms with van der Waals surface area (Å²) in [5.74, 6) is 1.44. The molecule has 0 saturated carbocycles. The van der Waals surface area contributed by atoms with Gasteiger partial charge in [0.05, 0.1) is 5.75 Å². The molecule has 7 heteroatoms. The Balaban J connectivity index is 1.42. The smallest absolute Gasteiger partial charge is 0.222 e. The second-order valence-corrected chi connectivity index (χ2v) is 8.59. The number of rotatable bonds is 5. The van der Waals surface area contributed by atoms with Crippen LogP contribution < -0.4 is 5.32 Å². The summed E-state index contributed by atoms with van der Waals surface area (Å²) in [5, 5.41) is 3.36. The van der Waals surface area contributed by atoms with Crippen molar-refractivity contribution in [3.63, 3.8) is 0 Å². The zero-order valence-electron chi connectivity index (χ0n) is 12.5. The van der Waals surface area contributed by atoms with Crippen molar-refractivity contribution in [3.8, 4) is 0 Å². The summed E-state index contributed by atoms with van der Waals surface area (Å²) in [7, 11) is -3.14. The second kappa shape index (κ2) is 6.22. The highest BCUT2D eigenvalue weighted by Gasteiger charge is 2.37. The minimum absolute atomic E-state index is 0.112. The fourth-order valence-electron chi connectivity index (χ4n) is 3.72. The number of likely N-dealkylation sites (tertiary alicyclic amines) is 1. The summed E-state index contributed by atoms with van der Waals surface area (Å²) >= 11 is 0. The van der Waals surface area contributed by atoms with Crippen LogP contribution in [0.3, 0.4) is 0 Å². The highest BCUT2D eigenvalue weighted by atomic mass is 32.2. The minimum atomic E-state index is -3.14. The van der Waals surface area contributed by atoms with Gasteiger partial charge in [0.1, 0.15) is 0 Å². The number of hydrogen-bond acceptors (Lipinski definition) is 4. The van der Waals surface area contributed by atoms with Gasteiger partial charge in [0.2, 0.25) is 15.9 Å². The molecule has 1 amide bonds. The second-order valence-electron chi connectivity index (χ2n) is 6.50. The molecule has 3 aliphatic heterocycles. The van der Waals surface area contributed by atoms with Gasteiger partial charge >= 0.3 is 0 Å². The van der Waals surface area contributed by atoms with Crippen molar-refractivity contribution >= 4 is 15.9 Å². The van der Waals surface area contributed by atoms with Crippen LogP contribution in [-0.4, -0.2) is 68.6 Å². The van der Waals surface area contributed by atoms with Gasteiger partial charge in [-0.15, -0.1) is 0 Å². The van der Waals surface area contributed by atoms with Gasteiger partial charge in [-0.25, -0.2) is 12.7 Å². The fraction of sp³-hybridized carbons (Fsp3) is 0.929. The molecule has 120 valence electrons. The van der Waals surface area contributed by atoms with E-state index in [2.05, 4.69) is 5.32 Å². The molecule has 0 aliphatic carbocycles. The first-order chi connectivity index (χ1) is 10.1. The summed E-state index contributed by atoms with van der Waals surface area (Å²) in [5.41, 5.74) is 0. The third-order valence-electron chi connectivity index (χ3n) is 4.99. The van der Waals surface area contributed by atoms with E-state index in [0.717, 1.165) is 39.0 Å². The molecule has 6 nitrogen and oxygen atoms in total. The van der Waals surface area contributed by atoms with Crippen LogP contribution in [0, 0.1) is 11.8 Å². The Kier molecular flexibility index (Phi) is 4.51. The van der Waals surface area contributed by atoms with Gasteiger partial charge in [0.25, 0.3) is 0 Å². The molecule has 0 bridgehead atoms. The van der Waals surface area contributed by atoms with E-state index >= 15 is 0 Å². The van der Waals surface area contributed by atoms with Crippen LogP contribution in [0.4, 0.5) is 0 Å². The standard InChI is InChI=1S/C14H25N3O3S/c18-14(16-10-12-8-15-9-13(12)11-16)4-3-7-21(19,20)17-5-1-2-6-17/h12-13,15H,1-11H2/t12-,13+. The molecule has 3 aliphatic rings. The molecule has 0 aromatic heterocycles. The molecule has 2 atom stereocenters. The molecule has 0 radical (unpaired) electrons. The minimum Gasteiger partial charge on any atom is -0.342 e. The van der Waals surface area contributed by atoms with Gasteiger partial charge in [0.15, 0.2) is 0 Å². The Morgan fingerprint density at radius 1 is 1.10 bits per heavy atom. The third-order valence-corrected chi connectivity index (χ3v) is 6.95. The van der Waals surface area contributed by atoms with Gasteiger partial charge in [0, 0.05) is 45.7 Å². The first kappa shape index (κ1) is 15.2. The Hall–Kier alpha value is -0.660. The van der Waals surface area contributed by atoms with E-state index in [9.17, 15) is 13.2 Å². The van der Waals surface area contributed by atoms with Crippen molar-refractivity contribution in [3.05, 3.63) is 0 Å². The van der Waals surface area contributed by atoms with E-state index < -0.39 is 10.0 Å². The maximum Gasteiger partial charge on any atom is 0.222 e. The van der Waals surface area contributed by atoms with Crippen LogP contribution in [0.25, 0.3) is 0 Å². The van der Waals surface area contributed by atoms with Gasteiger partial charge < -0.3 is 10.2 Å². The number of amides is 1. The van der Waals surface area contributed by atoms with E-state index in [1.807, 2.05) is 4.90 Å². The first-order valence-corrected chi connectivity index (χ1v) is 9.63. The van der Waals surface area contributed by atoms with Crippen molar-refractivity contribution in [1.29, 1.82) is 0 Å². The number of nitrogens with zero attached hydrogens (tertiary/aromatic N) is 2. The first-order valence-electron chi connectivity index (χ1n) is 8.02. The van der Waals surface area contributed by atoms with Gasteiger partial charge in [-0.3, -0.25) is 4.79 Å². The topological polar surface area (TPSA) is 69.7 Å². The average Bonchev–Trinajstić information content (AvgIpc) is 3.14. The maximum atomic E-state index is 12.2. The predicted molar refractivity (Wildman–Crippen MR) is 80.3 cm³/mol. The zero-order valence-corrected chi connectivity index (χ0v) is 13.3. The normalized spacial score (nSPS) is 30.0. The molecule has 3 rings (SSSR count). The van der Waals surface area contributed by atoms with E-state index in [1.165, 1.54) is 0 Å². The lowest BCUT2D eigenvalue weighted by Crippen LogP contribution is -2.33. The van der Waals surface area contributed by atoms with Gasteiger partial charge in [-0.2, -0.15) is 0 Å². The summed E-state index contributed by atoms with van der Waals surface area (Å²) in [6.45, 7) is 5.01. The van der Waals surface area contributed by atoms with Crippen LogP contribution in [-0.2, 0) is 14.8 Å². The number of sulfonamides is 1. The van der Waals surface area contributed by atoms with E-state index in [4.69, 9.17) is 0 Å². The summed E-state index contributed by atoms with van der Waals surface area (Å²) in [6, 6.07) is 0. The quantitative estimate of drug-likeness (QED) is 0.767. The lowest BCUT2D eigenvalue weighted by Gasteiger charge is -2.18. The Bertz CT molecular complexity index is 476. The molecule has 0 aromatic carbocycles. The highest BCUT2D eigenvalue weighted by Crippen LogP contribution is 2.26. The number of hydrogen-bond donors (Lipinski definition) is 1. The Morgan fingerprint density at radius 3 is 2.33 bits per heavy atom.